The average molecular weight is 311 g/mol. The molecular weight excluding hydrogens is 300 g/mol. The van der Waals surface area contributed by atoms with Crippen molar-refractivity contribution in [2.75, 3.05) is 0 Å². The second-order valence-electron chi connectivity index (χ2n) is 3.77. The van der Waals surface area contributed by atoms with Gasteiger partial charge in [0, 0.05) is 35.9 Å². The predicted molar refractivity (Wildman–Crippen MR) is 70.0 cm³/mol. The highest BCUT2D eigenvalue weighted by molar-refractivity contribution is 9.10. The maximum atomic E-state index is 10.6. The molecule has 0 spiro atoms. The van der Waals surface area contributed by atoms with Gasteiger partial charge in [0.1, 0.15) is 0 Å². The molecule has 18 heavy (non-hydrogen) atoms. The fraction of sp³-hybridized carbons (Fsp3) is 0.182. The molecule has 0 saturated carbocycles. The van der Waals surface area contributed by atoms with E-state index in [0.717, 1.165) is 11.3 Å². The molecule has 0 amide bonds. The minimum absolute atomic E-state index is 0.0684. The molecule has 2 rings (SSSR count). The number of hydrogen-bond acceptors (Lipinski definition) is 4. The molecule has 7 heteroatoms. The molecule has 0 aliphatic carbocycles. The third-order valence-electron chi connectivity index (χ3n) is 2.50. The zero-order chi connectivity index (χ0) is 13.1. The highest BCUT2D eigenvalue weighted by Crippen LogP contribution is 2.23. The van der Waals surface area contributed by atoms with Crippen LogP contribution in [0.25, 0.3) is 0 Å². The van der Waals surface area contributed by atoms with Gasteiger partial charge in [0.15, 0.2) is 0 Å². The predicted octanol–water partition coefficient (Wildman–Crippen LogP) is 2.06. The van der Waals surface area contributed by atoms with Crippen LogP contribution in [0.4, 0.5) is 5.69 Å². The van der Waals surface area contributed by atoms with Gasteiger partial charge < -0.3 is 10.3 Å². The van der Waals surface area contributed by atoms with Crippen LogP contribution in [0.3, 0.4) is 0 Å². The van der Waals surface area contributed by atoms with Crippen molar-refractivity contribution in [2.45, 2.75) is 13.1 Å². The molecule has 0 aliphatic rings. The lowest BCUT2D eigenvalue weighted by atomic mass is 10.2. The number of nitrogens with two attached hydrogens (primary N) is 1. The molecular formula is C11H11BrN4O2. The van der Waals surface area contributed by atoms with E-state index in [9.17, 15) is 10.1 Å². The Kier molecular flexibility index (Phi) is 3.73. The average Bonchev–Trinajstić information content (AvgIpc) is 2.79. The van der Waals surface area contributed by atoms with Gasteiger partial charge in [-0.15, -0.1) is 0 Å². The number of non-ortho nitro benzene ring substituents is 1. The second-order valence-corrected chi connectivity index (χ2v) is 4.63. The Morgan fingerprint density at radius 2 is 2.28 bits per heavy atom. The van der Waals surface area contributed by atoms with Gasteiger partial charge in [-0.25, -0.2) is 4.98 Å². The summed E-state index contributed by atoms with van der Waals surface area (Å²) in [5.41, 5.74) is 7.31. The van der Waals surface area contributed by atoms with Crippen molar-refractivity contribution < 1.29 is 4.92 Å². The standard InChI is InChI=1S/C11H11BrN4O2/c12-11-3-10(16(17)18)2-1-8(11)5-15-6-9(4-13)14-7-15/h1-3,6-7H,4-5,13H2. The second kappa shape index (κ2) is 5.28. The molecule has 1 aromatic carbocycles. The van der Waals surface area contributed by atoms with Crippen LogP contribution in [0.1, 0.15) is 11.3 Å². The molecule has 0 saturated heterocycles. The Morgan fingerprint density at radius 3 is 2.83 bits per heavy atom. The number of nitro benzene ring substituents is 1. The maximum absolute atomic E-state index is 10.6. The number of imidazole rings is 1. The van der Waals surface area contributed by atoms with E-state index in [1.807, 2.05) is 10.8 Å². The van der Waals surface area contributed by atoms with E-state index in [4.69, 9.17) is 5.73 Å². The molecule has 0 unspecified atom stereocenters. The molecule has 0 bridgehead atoms. The minimum atomic E-state index is -0.418. The van der Waals surface area contributed by atoms with Gasteiger partial charge in [0.2, 0.25) is 0 Å². The van der Waals surface area contributed by atoms with Crippen molar-refractivity contribution in [3.05, 3.63) is 56.6 Å². The first-order chi connectivity index (χ1) is 8.60. The summed E-state index contributed by atoms with van der Waals surface area (Å²) in [6.45, 7) is 0.986. The van der Waals surface area contributed by atoms with E-state index in [-0.39, 0.29) is 5.69 Å². The Morgan fingerprint density at radius 1 is 1.50 bits per heavy atom. The zero-order valence-corrected chi connectivity index (χ0v) is 11.0. The van der Waals surface area contributed by atoms with Crippen LogP contribution in [-0.2, 0) is 13.1 Å². The van der Waals surface area contributed by atoms with Crippen LogP contribution in [0.2, 0.25) is 0 Å². The SMILES string of the molecule is NCc1cn(Cc2ccc([N+](=O)[O-])cc2Br)cn1. The van der Waals surface area contributed by atoms with E-state index in [2.05, 4.69) is 20.9 Å². The lowest BCUT2D eigenvalue weighted by Crippen LogP contribution is -1.99. The normalized spacial score (nSPS) is 10.6. The van der Waals surface area contributed by atoms with Crippen molar-refractivity contribution in [1.29, 1.82) is 0 Å². The quantitative estimate of drug-likeness (QED) is 0.691. The smallest absolute Gasteiger partial charge is 0.270 e. The van der Waals surface area contributed by atoms with Crippen LogP contribution in [0.5, 0.6) is 0 Å². The van der Waals surface area contributed by atoms with Gasteiger partial charge in [0.25, 0.3) is 5.69 Å². The number of benzene rings is 1. The van der Waals surface area contributed by atoms with Crippen molar-refractivity contribution in [2.24, 2.45) is 5.73 Å². The Balaban J connectivity index is 2.21. The first-order valence-electron chi connectivity index (χ1n) is 5.23. The number of halogens is 1. The van der Waals surface area contributed by atoms with Crippen molar-refractivity contribution in [3.63, 3.8) is 0 Å². The topological polar surface area (TPSA) is 87.0 Å². The fourth-order valence-corrected chi connectivity index (χ4v) is 2.07. The number of aromatic nitrogens is 2. The van der Waals surface area contributed by atoms with E-state index < -0.39 is 4.92 Å². The van der Waals surface area contributed by atoms with E-state index in [1.54, 1.807) is 12.4 Å². The van der Waals surface area contributed by atoms with Crippen LogP contribution in [0, 0.1) is 10.1 Å². The summed E-state index contributed by atoms with van der Waals surface area (Å²) in [6.07, 6.45) is 3.55. The zero-order valence-electron chi connectivity index (χ0n) is 9.41. The fourth-order valence-electron chi connectivity index (χ4n) is 1.57. The van der Waals surface area contributed by atoms with Crippen LogP contribution < -0.4 is 5.73 Å². The molecule has 2 aromatic rings. The lowest BCUT2D eigenvalue weighted by Gasteiger charge is -2.05. The molecule has 1 aromatic heterocycles. The molecule has 0 atom stereocenters. The Hall–Kier alpha value is -1.73. The lowest BCUT2D eigenvalue weighted by molar-refractivity contribution is -0.384. The van der Waals surface area contributed by atoms with Crippen LogP contribution in [0.15, 0.2) is 35.2 Å². The number of rotatable bonds is 4. The number of hydrogen-bond donors (Lipinski definition) is 1. The van der Waals surface area contributed by atoms with Crippen LogP contribution in [-0.4, -0.2) is 14.5 Å². The van der Waals surface area contributed by atoms with Crippen molar-refractivity contribution in [1.82, 2.24) is 9.55 Å². The van der Waals surface area contributed by atoms with Gasteiger partial charge in [-0.1, -0.05) is 15.9 Å². The third-order valence-corrected chi connectivity index (χ3v) is 3.23. The molecule has 0 radical (unpaired) electrons. The van der Waals surface area contributed by atoms with Gasteiger partial charge >= 0.3 is 0 Å². The number of nitro groups is 1. The summed E-state index contributed by atoms with van der Waals surface area (Å²) in [5.74, 6) is 0. The summed E-state index contributed by atoms with van der Waals surface area (Å²) < 4.78 is 2.59. The van der Waals surface area contributed by atoms with Crippen molar-refractivity contribution >= 4 is 21.6 Å². The number of nitrogens with zero attached hydrogens (tertiary/aromatic N) is 3. The minimum Gasteiger partial charge on any atom is -0.333 e. The highest BCUT2D eigenvalue weighted by Gasteiger charge is 2.09. The van der Waals surface area contributed by atoms with E-state index >= 15 is 0 Å². The first-order valence-corrected chi connectivity index (χ1v) is 6.03. The molecule has 0 fully saturated rings. The first kappa shape index (κ1) is 12.7. The molecule has 94 valence electrons. The monoisotopic (exact) mass is 310 g/mol. The van der Waals surface area contributed by atoms with Gasteiger partial charge in [-0.2, -0.15) is 0 Å². The largest absolute Gasteiger partial charge is 0.333 e. The summed E-state index contributed by atoms with van der Waals surface area (Å²) >= 11 is 3.33. The van der Waals surface area contributed by atoms with Crippen LogP contribution >= 0.6 is 15.9 Å². The van der Waals surface area contributed by atoms with Crippen molar-refractivity contribution in [3.8, 4) is 0 Å². The van der Waals surface area contributed by atoms with Gasteiger partial charge in [-0.05, 0) is 11.6 Å². The Labute approximate surface area is 112 Å². The maximum Gasteiger partial charge on any atom is 0.270 e. The Bertz CT molecular complexity index is 582. The summed E-state index contributed by atoms with van der Waals surface area (Å²) in [6, 6.07) is 4.71. The molecule has 2 N–H and O–H groups in total. The summed E-state index contributed by atoms with van der Waals surface area (Å²) in [5, 5.41) is 10.6. The summed E-state index contributed by atoms with van der Waals surface area (Å²) in [4.78, 5) is 14.3. The molecule has 0 aliphatic heterocycles. The molecule has 1 heterocycles. The third kappa shape index (κ3) is 2.74. The summed E-state index contributed by atoms with van der Waals surface area (Å²) in [7, 11) is 0. The van der Waals surface area contributed by atoms with Gasteiger partial charge in [-0.3, -0.25) is 10.1 Å². The molecule has 6 nitrogen and oxygen atoms in total. The van der Waals surface area contributed by atoms with Gasteiger partial charge in [0.05, 0.1) is 16.9 Å². The highest BCUT2D eigenvalue weighted by atomic mass is 79.9. The van der Waals surface area contributed by atoms with E-state index in [0.29, 0.717) is 17.6 Å². The van der Waals surface area contributed by atoms with E-state index in [1.165, 1.54) is 12.1 Å².